The maximum atomic E-state index is 13.1. The number of thiophene rings is 1. The van der Waals surface area contributed by atoms with E-state index in [0.717, 1.165) is 23.5 Å². The third kappa shape index (κ3) is 2.62. The van der Waals surface area contributed by atoms with Gasteiger partial charge in [0.05, 0.1) is 14.0 Å². The van der Waals surface area contributed by atoms with Crippen LogP contribution < -0.4 is 0 Å². The molecule has 1 heterocycles. The molecule has 0 nitrogen and oxygen atoms in total. The van der Waals surface area contributed by atoms with Crippen LogP contribution in [0.25, 0.3) is 0 Å². The van der Waals surface area contributed by atoms with Crippen LogP contribution in [0, 0.1) is 17.5 Å². The molecule has 0 fully saturated rings. The zero-order valence-corrected chi connectivity index (χ0v) is 11.6. The Balaban J connectivity index is 2.46. The molecular formula is C11H4Cl3F3S. The molecule has 2 aromatic rings. The highest BCUT2D eigenvalue weighted by atomic mass is 35.5. The van der Waals surface area contributed by atoms with Gasteiger partial charge in [0.2, 0.25) is 0 Å². The third-order valence-electron chi connectivity index (χ3n) is 2.25. The summed E-state index contributed by atoms with van der Waals surface area (Å²) in [5, 5.41) is -0.897. The van der Waals surface area contributed by atoms with Crippen molar-refractivity contribution in [3.63, 3.8) is 0 Å². The fraction of sp³-hybridized carbons (Fsp3) is 0.0909. The highest BCUT2D eigenvalue weighted by Crippen LogP contribution is 2.40. The van der Waals surface area contributed by atoms with Crippen molar-refractivity contribution >= 4 is 46.1 Å². The van der Waals surface area contributed by atoms with Gasteiger partial charge in [-0.25, -0.2) is 13.2 Å². The Bertz CT molecular complexity index is 574. The molecule has 96 valence electrons. The van der Waals surface area contributed by atoms with Crippen LogP contribution in [0.4, 0.5) is 13.2 Å². The van der Waals surface area contributed by atoms with E-state index in [0.29, 0.717) is 14.2 Å². The van der Waals surface area contributed by atoms with E-state index in [1.807, 2.05) is 0 Å². The van der Waals surface area contributed by atoms with Crippen LogP contribution in [0.15, 0.2) is 18.2 Å². The number of hydrogen-bond donors (Lipinski definition) is 0. The molecule has 0 amide bonds. The minimum atomic E-state index is -1.53. The monoisotopic (exact) mass is 330 g/mol. The van der Waals surface area contributed by atoms with Crippen molar-refractivity contribution in [2.45, 2.75) is 5.38 Å². The van der Waals surface area contributed by atoms with E-state index in [9.17, 15) is 13.2 Å². The van der Waals surface area contributed by atoms with Crippen LogP contribution in [0.3, 0.4) is 0 Å². The van der Waals surface area contributed by atoms with Crippen molar-refractivity contribution in [3.8, 4) is 0 Å². The molecule has 0 spiro atoms. The van der Waals surface area contributed by atoms with Gasteiger partial charge in [0.15, 0.2) is 17.5 Å². The van der Waals surface area contributed by atoms with Gasteiger partial charge in [-0.2, -0.15) is 0 Å². The van der Waals surface area contributed by atoms with E-state index < -0.39 is 22.8 Å². The Morgan fingerprint density at radius 3 is 2.00 bits per heavy atom. The van der Waals surface area contributed by atoms with E-state index in [1.54, 1.807) is 0 Å². The molecule has 1 aromatic carbocycles. The zero-order chi connectivity index (χ0) is 13.4. The number of alkyl halides is 1. The molecule has 2 rings (SSSR count). The smallest absolute Gasteiger partial charge is 0.194 e. The standard InChI is InChI=1S/C11H4Cl3F3S/c12-8-3-5(11(14)18-8)9(13)4-1-6(15)10(17)7(16)2-4/h1-3,9H. The van der Waals surface area contributed by atoms with Gasteiger partial charge in [-0.15, -0.1) is 22.9 Å². The molecule has 0 radical (unpaired) electrons. The first-order chi connectivity index (χ1) is 8.40. The van der Waals surface area contributed by atoms with Crippen LogP contribution >= 0.6 is 46.1 Å². The first-order valence-electron chi connectivity index (χ1n) is 4.63. The number of halogens is 6. The summed E-state index contributed by atoms with van der Waals surface area (Å²) >= 11 is 18.8. The van der Waals surface area contributed by atoms with E-state index in [1.165, 1.54) is 6.07 Å². The lowest BCUT2D eigenvalue weighted by Crippen LogP contribution is -1.98. The highest BCUT2D eigenvalue weighted by Gasteiger charge is 2.20. The van der Waals surface area contributed by atoms with Gasteiger partial charge in [0, 0.05) is 5.56 Å². The van der Waals surface area contributed by atoms with Gasteiger partial charge < -0.3 is 0 Å². The Labute approximate surface area is 120 Å². The molecular weight excluding hydrogens is 328 g/mol. The van der Waals surface area contributed by atoms with Crippen LogP contribution in [0.1, 0.15) is 16.5 Å². The molecule has 7 heteroatoms. The minimum Gasteiger partial charge on any atom is -0.204 e. The van der Waals surface area contributed by atoms with Gasteiger partial charge in [0.25, 0.3) is 0 Å². The summed E-state index contributed by atoms with van der Waals surface area (Å²) in [6, 6.07) is 3.17. The minimum absolute atomic E-state index is 0.0735. The maximum absolute atomic E-state index is 13.1. The van der Waals surface area contributed by atoms with Crippen LogP contribution in [-0.4, -0.2) is 0 Å². The SMILES string of the molecule is Fc1cc(C(Cl)c2cc(Cl)sc2Cl)cc(F)c1F. The summed E-state index contributed by atoms with van der Waals surface area (Å²) in [6.45, 7) is 0. The molecule has 1 aromatic heterocycles. The second kappa shape index (κ2) is 5.29. The molecule has 0 aliphatic carbocycles. The molecule has 0 aliphatic heterocycles. The van der Waals surface area contributed by atoms with Gasteiger partial charge in [-0.1, -0.05) is 23.2 Å². The summed E-state index contributed by atoms with van der Waals surface area (Å²) < 4.78 is 39.7. The van der Waals surface area contributed by atoms with Gasteiger partial charge >= 0.3 is 0 Å². The summed E-state index contributed by atoms with van der Waals surface area (Å²) in [4.78, 5) is 0. The Morgan fingerprint density at radius 2 is 1.56 bits per heavy atom. The maximum Gasteiger partial charge on any atom is 0.194 e. The fourth-order valence-corrected chi connectivity index (χ4v) is 3.38. The molecule has 0 N–H and O–H groups in total. The van der Waals surface area contributed by atoms with Crippen molar-refractivity contribution < 1.29 is 13.2 Å². The van der Waals surface area contributed by atoms with E-state index >= 15 is 0 Å². The molecule has 0 aliphatic rings. The van der Waals surface area contributed by atoms with Gasteiger partial charge in [0.1, 0.15) is 0 Å². The summed E-state index contributed by atoms with van der Waals surface area (Å²) in [7, 11) is 0. The van der Waals surface area contributed by atoms with E-state index in [4.69, 9.17) is 34.8 Å². The van der Waals surface area contributed by atoms with Gasteiger partial charge in [-0.3, -0.25) is 0 Å². The molecule has 0 saturated heterocycles. The number of rotatable bonds is 2. The molecule has 1 unspecified atom stereocenters. The number of hydrogen-bond acceptors (Lipinski definition) is 1. The number of benzene rings is 1. The molecule has 18 heavy (non-hydrogen) atoms. The van der Waals surface area contributed by atoms with Crippen molar-refractivity contribution in [2.24, 2.45) is 0 Å². The van der Waals surface area contributed by atoms with E-state index in [2.05, 4.69) is 0 Å². The summed E-state index contributed by atoms with van der Waals surface area (Å²) in [5.41, 5.74) is 0.503. The Hall–Kier alpha value is -0.420. The average Bonchev–Trinajstić information content (AvgIpc) is 2.63. The zero-order valence-electron chi connectivity index (χ0n) is 8.49. The van der Waals surface area contributed by atoms with Crippen molar-refractivity contribution in [2.75, 3.05) is 0 Å². The van der Waals surface area contributed by atoms with Crippen LogP contribution in [0.5, 0.6) is 0 Å². The second-order valence-corrected chi connectivity index (χ2v) is 6.16. The van der Waals surface area contributed by atoms with Crippen molar-refractivity contribution in [3.05, 3.63) is 55.5 Å². The van der Waals surface area contributed by atoms with Gasteiger partial charge in [-0.05, 0) is 23.8 Å². The van der Waals surface area contributed by atoms with Crippen molar-refractivity contribution in [1.82, 2.24) is 0 Å². The first-order valence-corrected chi connectivity index (χ1v) is 6.64. The lowest BCUT2D eigenvalue weighted by molar-refractivity contribution is 0.445. The molecule has 1 atom stereocenters. The summed E-state index contributed by atoms with van der Waals surface area (Å²) in [5.74, 6) is -4.13. The third-order valence-corrected chi connectivity index (χ3v) is 4.26. The largest absolute Gasteiger partial charge is 0.204 e. The molecule has 0 saturated carbocycles. The van der Waals surface area contributed by atoms with Crippen LogP contribution in [0.2, 0.25) is 8.67 Å². The van der Waals surface area contributed by atoms with Crippen molar-refractivity contribution in [1.29, 1.82) is 0 Å². The first kappa shape index (κ1) is 14.0. The normalized spacial score (nSPS) is 12.8. The lowest BCUT2D eigenvalue weighted by atomic mass is 10.1. The quantitative estimate of drug-likeness (QED) is 0.482. The average molecular weight is 332 g/mol. The predicted molar refractivity (Wildman–Crippen MR) is 68.4 cm³/mol. The topological polar surface area (TPSA) is 0 Å². The Kier molecular flexibility index (Phi) is 4.11. The summed E-state index contributed by atoms with van der Waals surface area (Å²) in [6.07, 6.45) is 0. The second-order valence-electron chi connectivity index (χ2n) is 3.44. The Morgan fingerprint density at radius 1 is 1.00 bits per heavy atom. The highest BCUT2D eigenvalue weighted by molar-refractivity contribution is 7.20. The van der Waals surface area contributed by atoms with Crippen LogP contribution in [-0.2, 0) is 0 Å². The fourth-order valence-electron chi connectivity index (χ4n) is 1.43. The predicted octanol–water partition coefficient (Wildman–Crippen LogP) is 5.80. The lowest BCUT2D eigenvalue weighted by Gasteiger charge is -2.09. The molecule has 0 bridgehead atoms. The van der Waals surface area contributed by atoms with E-state index in [-0.39, 0.29) is 5.56 Å².